The van der Waals surface area contributed by atoms with Crippen LogP contribution in [-0.2, 0) is 122 Å². The molecule has 10 rings (SSSR count). The van der Waals surface area contributed by atoms with Gasteiger partial charge in [0.1, 0.15) is 57.2 Å². The first-order valence-corrected chi connectivity index (χ1v) is 29.3. The van der Waals surface area contributed by atoms with E-state index in [1.165, 1.54) is 6.07 Å². The molecule has 1 unspecified atom stereocenters. The molecule has 4 aliphatic heterocycles. The van der Waals surface area contributed by atoms with E-state index in [9.17, 15) is 48.6 Å². The molecule has 4 aromatic heterocycles. The van der Waals surface area contributed by atoms with Gasteiger partial charge < -0.3 is 67.3 Å². The summed E-state index contributed by atoms with van der Waals surface area (Å²) in [5.41, 5.74) is 3.26. The standard InChI is InChI=1S/C63H69N5O19/c1-6-40-42-21-35(69)13-15-50(42)65-56-44(40)26-67-52(56)23-48-46(58(67)75)32-84-60(77)62(48,8-3)86-29-38(72)12-11-37(71)28-80-19-20-83-39(30-79-10-5)31-81-17-18-82-34-54(73)64-25-55(74)87-63(9-4)49-24-53-57-45(27-68(53)59(76)47(49)33-85-61(63)78)41(7-2)43-22-36(70)14-16-51(43)66-57/h13-16,21-24,39,69-70H,6-12,17-20,25-34H2,1-5H3,(H,64,73)/t39?,62-,63-/m0/s1. The third-order valence-electron chi connectivity index (χ3n) is 16.4. The number of aryl methyl sites for hydroxylation is 2. The van der Waals surface area contributed by atoms with Gasteiger partial charge in [-0.15, -0.1) is 0 Å². The summed E-state index contributed by atoms with van der Waals surface area (Å²) in [5, 5.41) is 24.4. The topological polar surface area (TPSA) is 308 Å². The van der Waals surface area contributed by atoms with Crippen LogP contribution in [0.1, 0.15) is 105 Å². The Labute approximate surface area is 498 Å². The average Bonchev–Trinajstić information content (AvgIpc) is 1.72. The predicted molar refractivity (Wildman–Crippen MR) is 310 cm³/mol. The predicted octanol–water partition coefficient (Wildman–Crippen LogP) is 4.79. The number of phenolic OH excluding ortho intramolecular Hbond substituents is 2. The number of esters is 3. The van der Waals surface area contributed by atoms with E-state index in [-0.39, 0.29) is 138 Å². The molecule has 0 fully saturated rings. The number of carbonyl (C=O) groups is 6. The van der Waals surface area contributed by atoms with Crippen molar-refractivity contribution in [2.75, 3.05) is 72.6 Å². The molecule has 8 heterocycles. The molecular weight excluding hydrogens is 1130 g/mol. The Bertz CT molecular complexity index is 3860. The monoisotopic (exact) mass is 1200 g/mol. The van der Waals surface area contributed by atoms with Gasteiger partial charge >= 0.3 is 17.9 Å². The number of rotatable bonds is 29. The van der Waals surface area contributed by atoms with Crippen LogP contribution in [0.15, 0.2) is 58.1 Å². The lowest BCUT2D eigenvalue weighted by molar-refractivity contribution is -0.189. The number of ether oxygens (including phenoxy) is 9. The van der Waals surface area contributed by atoms with Crippen LogP contribution in [0.4, 0.5) is 0 Å². The fraction of sp³-hybridized carbons (Fsp3) is 0.460. The number of ketones is 2. The van der Waals surface area contributed by atoms with E-state index in [0.29, 0.717) is 58.8 Å². The SMILES string of the molecule is CCOCC(COCCOCC(=O)NCC(=O)O[C@]1(CC)C(=O)OCc2c1cc1n(c2=O)Cc2c-1nc1ccc(O)cc1c2CC)OCCOCC(=O)CCC(=O)CO[C@]1(CC)C(=O)OCc2c1cc1n(c2=O)Cc2c-1nc1ccc(O)cc1c2CC. The number of carbonyl (C=O) groups excluding carboxylic acids is 6. The molecule has 0 saturated carbocycles. The minimum Gasteiger partial charge on any atom is -0.508 e. The van der Waals surface area contributed by atoms with Crippen molar-refractivity contribution in [2.45, 2.75) is 117 Å². The van der Waals surface area contributed by atoms with Crippen LogP contribution in [0, 0.1) is 0 Å². The Morgan fingerprint density at radius 1 is 0.621 bits per heavy atom. The van der Waals surface area contributed by atoms with E-state index in [4.69, 9.17) is 52.6 Å². The number of phenols is 2. The van der Waals surface area contributed by atoms with Gasteiger partial charge in [0, 0.05) is 52.5 Å². The van der Waals surface area contributed by atoms with Gasteiger partial charge in [-0.05, 0) is 92.3 Å². The van der Waals surface area contributed by atoms with Gasteiger partial charge in [-0.1, -0.05) is 27.7 Å². The summed E-state index contributed by atoms with van der Waals surface area (Å²) < 4.78 is 54.2. The molecule has 0 radical (unpaired) electrons. The highest BCUT2D eigenvalue weighted by atomic mass is 16.6. The number of benzene rings is 2. The van der Waals surface area contributed by atoms with E-state index in [0.717, 1.165) is 33.0 Å². The van der Waals surface area contributed by atoms with Crippen LogP contribution in [0.2, 0.25) is 0 Å². The Balaban J connectivity index is 0.633. The summed E-state index contributed by atoms with van der Waals surface area (Å²) in [6, 6.07) is 13.2. The van der Waals surface area contributed by atoms with Crippen molar-refractivity contribution in [1.82, 2.24) is 24.4 Å². The van der Waals surface area contributed by atoms with E-state index in [1.54, 1.807) is 65.4 Å². The van der Waals surface area contributed by atoms with E-state index < -0.39 is 72.2 Å². The molecule has 24 heteroatoms. The largest absolute Gasteiger partial charge is 0.508 e. The van der Waals surface area contributed by atoms with Crippen LogP contribution in [0.5, 0.6) is 11.5 Å². The van der Waals surface area contributed by atoms with Gasteiger partial charge in [-0.25, -0.2) is 19.6 Å². The second-order valence-corrected chi connectivity index (χ2v) is 21.5. The molecule has 2 aromatic carbocycles. The quantitative estimate of drug-likeness (QED) is 0.0322. The maximum atomic E-state index is 14.1. The third-order valence-corrected chi connectivity index (χ3v) is 16.4. The zero-order valence-corrected chi connectivity index (χ0v) is 49.2. The van der Waals surface area contributed by atoms with Crippen molar-refractivity contribution in [2.24, 2.45) is 0 Å². The zero-order valence-electron chi connectivity index (χ0n) is 49.2. The molecule has 3 atom stereocenters. The summed E-state index contributed by atoms with van der Waals surface area (Å²) >= 11 is 0. The molecule has 0 aliphatic carbocycles. The molecule has 0 bridgehead atoms. The van der Waals surface area contributed by atoms with Crippen molar-refractivity contribution < 1.29 is 81.6 Å². The second kappa shape index (κ2) is 26.4. The highest BCUT2D eigenvalue weighted by molar-refractivity contribution is 5.93. The number of pyridine rings is 4. The van der Waals surface area contributed by atoms with Crippen molar-refractivity contribution >= 4 is 57.2 Å². The Morgan fingerprint density at radius 2 is 1.13 bits per heavy atom. The van der Waals surface area contributed by atoms with Gasteiger partial charge in [-0.3, -0.25) is 28.8 Å². The minimum absolute atomic E-state index is 0.000950. The van der Waals surface area contributed by atoms with Crippen LogP contribution in [0.3, 0.4) is 0 Å². The third kappa shape index (κ3) is 12.1. The number of cyclic esters (lactones) is 2. The molecule has 1 amide bonds. The molecule has 460 valence electrons. The molecule has 6 aromatic rings. The number of hydrogen-bond acceptors (Lipinski definition) is 21. The Kier molecular flexibility index (Phi) is 18.7. The first kappa shape index (κ1) is 61.8. The van der Waals surface area contributed by atoms with Crippen LogP contribution in [0.25, 0.3) is 44.6 Å². The van der Waals surface area contributed by atoms with Crippen LogP contribution >= 0.6 is 0 Å². The number of aromatic hydroxyl groups is 2. The zero-order chi connectivity index (χ0) is 61.7. The number of Topliss-reactive ketones (excluding diaryl/α,β-unsaturated/α-hetero) is 2. The highest BCUT2D eigenvalue weighted by Crippen LogP contribution is 2.45. The lowest BCUT2D eigenvalue weighted by atomic mass is 9.85. The first-order valence-electron chi connectivity index (χ1n) is 29.3. The second-order valence-electron chi connectivity index (χ2n) is 21.5. The van der Waals surface area contributed by atoms with Gasteiger partial charge in [0.25, 0.3) is 11.1 Å². The van der Waals surface area contributed by atoms with E-state index >= 15 is 0 Å². The smallest absolute Gasteiger partial charge is 0.355 e. The lowest BCUT2D eigenvalue weighted by Gasteiger charge is -2.36. The number of nitrogens with one attached hydrogen (secondary N) is 1. The lowest BCUT2D eigenvalue weighted by Crippen LogP contribution is -2.48. The molecule has 3 N–H and O–H groups in total. The molecule has 0 spiro atoms. The molecular formula is C63H69N5O19. The highest BCUT2D eigenvalue weighted by Gasteiger charge is 2.51. The normalized spacial score (nSPS) is 17.4. The van der Waals surface area contributed by atoms with Crippen molar-refractivity contribution in [3.8, 4) is 34.3 Å². The number of fused-ring (bicyclic) bond motifs is 10. The first-order chi connectivity index (χ1) is 42.0. The van der Waals surface area contributed by atoms with Gasteiger partial charge in [0.05, 0.1) is 97.7 Å². The summed E-state index contributed by atoms with van der Waals surface area (Å²) in [6.45, 7) is 8.00. The summed E-state index contributed by atoms with van der Waals surface area (Å²) in [6.07, 6.45) is 0.346. The summed E-state index contributed by atoms with van der Waals surface area (Å²) in [5.74, 6) is -3.79. The van der Waals surface area contributed by atoms with Crippen molar-refractivity contribution in [1.29, 1.82) is 0 Å². The maximum Gasteiger partial charge on any atom is 0.355 e. The molecule has 24 nitrogen and oxygen atoms in total. The number of nitrogens with zero attached hydrogens (tertiary/aromatic N) is 4. The molecule has 4 aliphatic rings. The van der Waals surface area contributed by atoms with Crippen molar-refractivity contribution in [3.05, 3.63) is 114 Å². The number of amides is 1. The molecule has 87 heavy (non-hydrogen) atoms. The van der Waals surface area contributed by atoms with E-state index in [2.05, 4.69) is 5.32 Å². The van der Waals surface area contributed by atoms with Crippen LogP contribution in [-0.4, -0.2) is 143 Å². The van der Waals surface area contributed by atoms with Crippen molar-refractivity contribution in [3.63, 3.8) is 0 Å². The van der Waals surface area contributed by atoms with Gasteiger partial charge in [0.15, 0.2) is 17.2 Å². The Morgan fingerprint density at radius 3 is 1.68 bits per heavy atom. The van der Waals surface area contributed by atoms with Gasteiger partial charge in [-0.2, -0.15) is 0 Å². The minimum atomic E-state index is -1.98. The fourth-order valence-corrected chi connectivity index (χ4v) is 11.9. The number of aromatic nitrogens is 4. The summed E-state index contributed by atoms with van der Waals surface area (Å²) in [7, 11) is 0. The fourth-order valence-electron chi connectivity index (χ4n) is 11.9. The number of hydrogen-bond donors (Lipinski definition) is 3. The van der Waals surface area contributed by atoms with Crippen LogP contribution < -0.4 is 16.4 Å². The average molecular weight is 1200 g/mol. The molecule has 0 saturated heterocycles. The summed E-state index contributed by atoms with van der Waals surface area (Å²) in [4.78, 5) is 117. The maximum absolute atomic E-state index is 14.1. The van der Waals surface area contributed by atoms with Gasteiger partial charge in [0.2, 0.25) is 11.5 Å². The Hall–Kier alpha value is -8.26. The van der Waals surface area contributed by atoms with E-state index in [1.807, 2.05) is 20.8 Å².